The molecule has 110 valence electrons. The van der Waals surface area contributed by atoms with Gasteiger partial charge in [0.2, 0.25) is 5.91 Å². The first-order valence-corrected chi connectivity index (χ1v) is 7.80. The van der Waals surface area contributed by atoms with Crippen molar-refractivity contribution in [3.05, 3.63) is 35.4 Å². The quantitative estimate of drug-likeness (QED) is 0.765. The third-order valence-corrected chi connectivity index (χ3v) is 3.81. The van der Waals surface area contributed by atoms with E-state index in [4.69, 9.17) is 0 Å². The van der Waals surface area contributed by atoms with Crippen molar-refractivity contribution >= 4 is 5.91 Å². The van der Waals surface area contributed by atoms with Crippen LogP contribution in [0.2, 0.25) is 0 Å². The molecule has 1 unspecified atom stereocenters. The monoisotopic (exact) mass is 274 g/mol. The van der Waals surface area contributed by atoms with E-state index in [9.17, 15) is 4.79 Å². The molecule has 0 bridgehead atoms. The van der Waals surface area contributed by atoms with E-state index in [1.807, 2.05) is 0 Å². The topological polar surface area (TPSA) is 41.1 Å². The van der Waals surface area contributed by atoms with Crippen LogP contribution in [0.15, 0.2) is 24.3 Å². The van der Waals surface area contributed by atoms with Crippen LogP contribution in [0.5, 0.6) is 0 Å². The van der Waals surface area contributed by atoms with E-state index in [0.29, 0.717) is 12.6 Å². The van der Waals surface area contributed by atoms with Gasteiger partial charge in [-0.3, -0.25) is 4.79 Å². The Balaban J connectivity index is 1.75. The number of hydrogen-bond donors (Lipinski definition) is 2. The number of hydrogen-bond acceptors (Lipinski definition) is 2. The molecular formula is C17H26N2O. The molecule has 0 aliphatic heterocycles. The van der Waals surface area contributed by atoms with Crippen LogP contribution >= 0.6 is 0 Å². The largest absolute Gasteiger partial charge is 0.352 e. The van der Waals surface area contributed by atoms with E-state index in [-0.39, 0.29) is 11.9 Å². The van der Waals surface area contributed by atoms with Gasteiger partial charge in [0.15, 0.2) is 0 Å². The van der Waals surface area contributed by atoms with Crippen molar-refractivity contribution in [2.24, 2.45) is 0 Å². The fourth-order valence-electron chi connectivity index (χ4n) is 2.22. The summed E-state index contributed by atoms with van der Waals surface area (Å²) in [6, 6.07) is 9.39. The Hall–Kier alpha value is -1.35. The standard InChI is InChI=1S/C17H26N2O/c1-3-4-5-14-6-8-15(9-7-14)13(2)18-12-17(20)19-16-10-11-16/h6-9,13,16,18H,3-5,10-12H2,1-2H3,(H,19,20). The molecule has 1 aliphatic rings. The van der Waals surface area contributed by atoms with E-state index >= 15 is 0 Å². The summed E-state index contributed by atoms with van der Waals surface area (Å²) in [6.45, 7) is 4.72. The first-order chi connectivity index (χ1) is 9.69. The molecule has 2 N–H and O–H groups in total. The van der Waals surface area contributed by atoms with Crippen molar-refractivity contribution in [2.75, 3.05) is 6.54 Å². The molecule has 0 saturated heterocycles. The normalized spacial score (nSPS) is 15.9. The van der Waals surface area contributed by atoms with Gasteiger partial charge in [-0.15, -0.1) is 0 Å². The lowest BCUT2D eigenvalue weighted by Crippen LogP contribution is -2.36. The summed E-state index contributed by atoms with van der Waals surface area (Å²) in [5, 5.41) is 6.27. The maximum atomic E-state index is 11.6. The van der Waals surface area contributed by atoms with Gasteiger partial charge in [0.05, 0.1) is 6.54 Å². The number of carbonyl (C=O) groups is 1. The summed E-state index contributed by atoms with van der Waals surface area (Å²) in [5.74, 6) is 0.110. The summed E-state index contributed by atoms with van der Waals surface area (Å²) in [5.41, 5.74) is 2.64. The summed E-state index contributed by atoms with van der Waals surface area (Å²) in [4.78, 5) is 11.6. The maximum Gasteiger partial charge on any atom is 0.234 e. The minimum absolute atomic E-state index is 0.110. The van der Waals surface area contributed by atoms with Gasteiger partial charge in [0.1, 0.15) is 0 Å². The molecule has 0 aromatic heterocycles. The highest BCUT2D eigenvalue weighted by Gasteiger charge is 2.23. The van der Waals surface area contributed by atoms with Crippen LogP contribution in [0.1, 0.15) is 56.7 Å². The molecule has 0 radical (unpaired) electrons. The molecule has 1 aromatic rings. The molecule has 1 saturated carbocycles. The Morgan fingerprint density at radius 2 is 2.00 bits per heavy atom. The zero-order chi connectivity index (χ0) is 14.4. The first kappa shape index (κ1) is 15.0. The number of aryl methyl sites for hydroxylation is 1. The molecule has 0 spiro atoms. The van der Waals surface area contributed by atoms with Gasteiger partial charge in [-0.25, -0.2) is 0 Å². The zero-order valence-electron chi connectivity index (χ0n) is 12.6. The molecular weight excluding hydrogens is 248 g/mol. The smallest absolute Gasteiger partial charge is 0.234 e. The summed E-state index contributed by atoms with van der Waals surface area (Å²) < 4.78 is 0. The van der Waals surface area contributed by atoms with Gasteiger partial charge in [-0.1, -0.05) is 37.6 Å². The third-order valence-electron chi connectivity index (χ3n) is 3.81. The van der Waals surface area contributed by atoms with Gasteiger partial charge in [-0.2, -0.15) is 0 Å². The van der Waals surface area contributed by atoms with Gasteiger partial charge in [0, 0.05) is 12.1 Å². The molecule has 3 nitrogen and oxygen atoms in total. The minimum atomic E-state index is 0.110. The van der Waals surface area contributed by atoms with Gasteiger partial charge in [-0.05, 0) is 43.7 Å². The zero-order valence-corrected chi connectivity index (χ0v) is 12.6. The van der Waals surface area contributed by atoms with Crippen LogP contribution in [0.3, 0.4) is 0 Å². The van der Waals surface area contributed by atoms with Crippen LogP contribution in [0.25, 0.3) is 0 Å². The van der Waals surface area contributed by atoms with E-state index < -0.39 is 0 Å². The predicted molar refractivity (Wildman–Crippen MR) is 82.6 cm³/mol. The van der Waals surface area contributed by atoms with Gasteiger partial charge < -0.3 is 10.6 Å². The van der Waals surface area contributed by atoms with Crippen LogP contribution in [-0.4, -0.2) is 18.5 Å². The van der Waals surface area contributed by atoms with Crippen LogP contribution in [0, 0.1) is 0 Å². The number of benzene rings is 1. The molecule has 1 fully saturated rings. The minimum Gasteiger partial charge on any atom is -0.352 e. The van der Waals surface area contributed by atoms with Crippen LogP contribution in [-0.2, 0) is 11.2 Å². The van der Waals surface area contributed by atoms with E-state index in [1.54, 1.807) is 0 Å². The molecule has 1 atom stereocenters. The van der Waals surface area contributed by atoms with Crippen molar-refractivity contribution < 1.29 is 4.79 Å². The fourth-order valence-corrected chi connectivity index (χ4v) is 2.22. The summed E-state index contributed by atoms with van der Waals surface area (Å²) in [7, 11) is 0. The maximum absolute atomic E-state index is 11.6. The van der Waals surface area contributed by atoms with Crippen molar-refractivity contribution in [2.45, 2.75) is 58.0 Å². The number of carbonyl (C=O) groups excluding carboxylic acids is 1. The Morgan fingerprint density at radius 3 is 2.60 bits per heavy atom. The Bertz CT molecular complexity index is 423. The molecule has 1 aliphatic carbocycles. The van der Waals surface area contributed by atoms with Crippen LogP contribution in [0.4, 0.5) is 0 Å². The predicted octanol–water partition coefficient (Wildman–Crippen LogP) is 2.96. The lowest BCUT2D eigenvalue weighted by molar-refractivity contribution is -0.120. The highest BCUT2D eigenvalue weighted by Crippen LogP contribution is 2.18. The highest BCUT2D eigenvalue weighted by molar-refractivity contribution is 5.78. The summed E-state index contributed by atoms with van der Waals surface area (Å²) in [6.07, 6.45) is 5.91. The fraction of sp³-hybridized carbons (Fsp3) is 0.588. The molecule has 0 heterocycles. The first-order valence-electron chi connectivity index (χ1n) is 7.80. The second-order valence-corrected chi connectivity index (χ2v) is 5.79. The second-order valence-electron chi connectivity index (χ2n) is 5.79. The lowest BCUT2D eigenvalue weighted by atomic mass is 10.0. The third kappa shape index (κ3) is 4.97. The van der Waals surface area contributed by atoms with E-state index in [0.717, 1.165) is 19.3 Å². The molecule has 2 rings (SSSR count). The van der Waals surface area contributed by atoms with Crippen molar-refractivity contribution in [3.8, 4) is 0 Å². The van der Waals surface area contributed by atoms with E-state index in [1.165, 1.54) is 24.0 Å². The molecule has 20 heavy (non-hydrogen) atoms. The van der Waals surface area contributed by atoms with Crippen molar-refractivity contribution in [1.82, 2.24) is 10.6 Å². The van der Waals surface area contributed by atoms with Gasteiger partial charge >= 0.3 is 0 Å². The SMILES string of the molecule is CCCCc1ccc(C(C)NCC(=O)NC2CC2)cc1. The van der Waals surface area contributed by atoms with E-state index in [2.05, 4.69) is 48.7 Å². The van der Waals surface area contributed by atoms with Crippen molar-refractivity contribution in [3.63, 3.8) is 0 Å². The second kappa shape index (κ2) is 7.44. The molecule has 3 heteroatoms. The Morgan fingerprint density at radius 1 is 1.30 bits per heavy atom. The molecule has 1 amide bonds. The average molecular weight is 274 g/mol. The number of nitrogens with one attached hydrogen (secondary N) is 2. The average Bonchev–Trinajstić information content (AvgIpc) is 3.27. The lowest BCUT2D eigenvalue weighted by Gasteiger charge is -2.14. The van der Waals surface area contributed by atoms with Crippen LogP contribution < -0.4 is 10.6 Å². The molecule has 1 aromatic carbocycles. The Kier molecular flexibility index (Phi) is 5.60. The summed E-state index contributed by atoms with van der Waals surface area (Å²) >= 11 is 0. The number of rotatable bonds is 8. The number of amides is 1. The number of unbranched alkanes of at least 4 members (excludes halogenated alkanes) is 1. The van der Waals surface area contributed by atoms with Gasteiger partial charge in [0.25, 0.3) is 0 Å². The van der Waals surface area contributed by atoms with Crippen molar-refractivity contribution in [1.29, 1.82) is 0 Å². The highest BCUT2D eigenvalue weighted by atomic mass is 16.2. The Labute approximate surface area is 122 Å².